The maximum absolute atomic E-state index is 14.0. The van der Waals surface area contributed by atoms with Crippen molar-refractivity contribution in [1.82, 2.24) is 66.7 Å². The van der Waals surface area contributed by atoms with E-state index < -0.39 is 194 Å². The van der Waals surface area contributed by atoms with Gasteiger partial charge in [0, 0.05) is 52.2 Å². The van der Waals surface area contributed by atoms with Crippen molar-refractivity contribution in [2.75, 3.05) is 35.7 Å². The molecule has 6 heterocycles. The first-order valence-corrected chi connectivity index (χ1v) is 34.2. The second-order valence-electron chi connectivity index (χ2n) is 23.4. The Morgan fingerprint density at radius 3 is 1.99 bits per heavy atom. The molecule has 0 saturated carbocycles. The van der Waals surface area contributed by atoms with E-state index >= 15 is 0 Å². The fourth-order valence-electron chi connectivity index (χ4n) is 10.8. The van der Waals surface area contributed by atoms with Gasteiger partial charge in [0.2, 0.25) is 41.1 Å². The summed E-state index contributed by atoms with van der Waals surface area (Å²) in [6, 6.07) is 4.65. The van der Waals surface area contributed by atoms with Crippen molar-refractivity contribution in [3.05, 3.63) is 116 Å². The molecule has 4 aromatic heterocycles. The third kappa shape index (κ3) is 20.6. The number of carbonyl (C=O) groups excluding carboxylic acids is 8. The molecule has 6 amide bonds. The van der Waals surface area contributed by atoms with E-state index in [1.54, 1.807) is 12.1 Å². The number of H-pyrrole nitrogens is 1. The average molecular weight is 1500 g/mol. The quantitative estimate of drug-likeness (QED) is 0.00708. The number of cyclic esters (lactones) is 1. The highest BCUT2D eigenvalue weighted by Crippen LogP contribution is 2.41. The lowest BCUT2D eigenvalue weighted by Crippen LogP contribution is -2.59. The van der Waals surface area contributed by atoms with E-state index in [1.165, 1.54) is 42.0 Å². The van der Waals surface area contributed by atoms with E-state index in [2.05, 4.69) is 57.2 Å². The molecule has 0 aliphatic carbocycles. The Balaban J connectivity index is 0.832. The summed E-state index contributed by atoms with van der Waals surface area (Å²) in [6.07, 6.45) is -5.80. The number of guanidine groups is 1. The number of nitrogens with zero attached hydrogens (tertiary/aromatic N) is 5. The maximum Gasteiger partial charge on any atom is 0.509 e. The van der Waals surface area contributed by atoms with Crippen molar-refractivity contribution in [1.29, 1.82) is 5.41 Å². The van der Waals surface area contributed by atoms with Crippen molar-refractivity contribution in [3.63, 3.8) is 0 Å². The normalized spacial score (nSPS) is 15.0. The van der Waals surface area contributed by atoms with Gasteiger partial charge in [-0.15, -0.1) is 0 Å². The fourth-order valence-corrected chi connectivity index (χ4v) is 12.8. The van der Waals surface area contributed by atoms with Crippen molar-refractivity contribution >= 4 is 139 Å². The number of anilines is 2. The predicted octanol–water partition coefficient (Wildman–Crippen LogP) is -1.30. The molecule has 6 aromatic rings. The SMILES string of the molecule is CC[C@@]1(OC(=O)OCCSSC[C@H](NC(=O)[C@H](CC(=O)O)NC(=O)[C@H](CC(=O)O)NC(=O)[C@H](CCCNC(=N)N)NC(=O)[C@H](CC(=O)O)NC(=O)CC[C@H](NC(=O)c2ccc(NCc3cnc4nc(N)[nH]c(=O)c4n3)cc2)C(=O)O)C(=O)O)C(=O)OCc2c1cc1n(c2=O)Cc2cc3ccccc3nc2-1. The zero-order valence-electron chi connectivity index (χ0n) is 55.2. The lowest BCUT2D eigenvalue weighted by Gasteiger charge is -2.35. The number of aromatic amines is 1. The highest BCUT2D eigenvalue weighted by molar-refractivity contribution is 8.76. The van der Waals surface area contributed by atoms with Crippen LogP contribution in [0.5, 0.6) is 0 Å². The van der Waals surface area contributed by atoms with Crippen LogP contribution in [0, 0.1) is 5.41 Å². The van der Waals surface area contributed by atoms with Crippen LogP contribution in [0.25, 0.3) is 33.5 Å². The van der Waals surface area contributed by atoms with Crippen LogP contribution in [-0.2, 0) is 92.2 Å². The number of aromatic nitrogens is 6. The lowest BCUT2D eigenvalue weighted by atomic mass is 9.85. The molecule has 0 fully saturated rings. The number of aliphatic carboxylic acids is 5. The largest absolute Gasteiger partial charge is 0.509 e. The number of para-hydroxylation sites is 1. The van der Waals surface area contributed by atoms with E-state index in [0.717, 1.165) is 32.5 Å². The summed E-state index contributed by atoms with van der Waals surface area (Å²) < 4.78 is 17.8. The number of nitrogens with one attached hydrogen (secondary N) is 10. The zero-order valence-corrected chi connectivity index (χ0v) is 56.8. The molecule has 7 atom stereocenters. The molecule has 42 heteroatoms. The Kier molecular flexibility index (Phi) is 26.4. The number of carboxylic acids is 5. The molecule has 0 saturated heterocycles. The number of carboxylic acid groups (broad SMARTS) is 5. The van der Waals surface area contributed by atoms with Gasteiger partial charge in [-0.05, 0) is 68.1 Å². The first-order chi connectivity index (χ1) is 49.9. The summed E-state index contributed by atoms with van der Waals surface area (Å²) in [6.45, 7) is 0.849. The number of fused-ring (bicyclic) bond motifs is 6. The van der Waals surface area contributed by atoms with Crippen molar-refractivity contribution < 1.29 is 102 Å². The van der Waals surface area contributed by atoms with Crippen LogP contribution in [0.3, 0.4) is 0 Å². The Morgan fingerprint density at radius 2 is 1.36 bits per heavy atom. The summed E-state index contributed by atoms with van der Waals surface area (Å²) in [4.78, 5) is 215. The van der Waals surface area contributed by atoms with Crippen LogP contribution in [0.4, 0.5) is 16.4 Å². The summed E-state index contributed by atoms with van der Waals surface area (Å²) in [5.74, 6) is -18.3. The molecule has 40 nitrogen and oxygen atoms in total. The Bertz CT molecular complexity index is 4560. The van der Waals surface area contributed by atoms with E-state index in [1.807, 2.05) is 29.6 Å². The van der Waals surface area contributed by atoms with E-state index in [4.69, 9.17) is 36.1 Å². The zero-order chi connectivity index (χ0) is 76.4. The van der Waals surface area contributed by atoms with E-state index in [-0.39, 0.29) is 72.0 Å². The number of carbonyl (C=O) groups is 13. The van der Waals surface area contributed by atoms with Gasteiger partial charge in [-0.3, -0.25) is 63.1 Å². The Hall–Kier alpha value is -12.5. The molecule has 2 aliphatic rings. The number of benzene rings is 2. The number of nitrogen functional groups attached to an aromatic ring is 1. The number of esters is 1. The minimum atomic E-state index is -2.20. The minimum Gasteiger partial charge on any atom is -0.481 e. The smallest absolute Gasteiger partial charge is 0.481 e. The van der Waals surface area contributed by atoms with E-state index in [9.17, 15) is 97.5 Å². The second kappa shape index (κ2) is 35.4. The number of nitrogens with two attached hydrogens (primary N) is 2. The summed E-state index contributed by atoms with van der Waals surface area (Å²) in [7, 11) is 1.75. The molecule has 0 unspecified atom stereocenters. The lowest BCUT2D eigenvalue weighted by molar-refractivity contribution is -0.175. The number of amides is 6. The minimum absolute atomic E-state index is 0.0257. The third-order valence-electron chi connectivity index (χ3n) is 16.0. The highest BCUT2D eigenvalue weighted by Gasteiger charge is 2.51. The molecule has 19 N–H and O–H groups in total. The van der Waals surface area contributed by atoms with Crippen LogP contribution >= 0.6 is 21.6 Å². The summed E-state index contributed by atoms with van der Waals surface area (Å²) >= 11 is 0. The van der Waals surface area contributed by atoms with Gasteiger partial charge in [-0.1, -0.05) is 46.7 Å². The summed E-state index contributed by atoms with van der Waals surface area (Å²) in [5, 5.41) is 75.8. The summed E-state index contributed by atoms with van der Waals surface area (Å²) in [5.41, 5.74) is 10.9. The predicted molar refractivity (Wildman–Crippen MR) is 367 cm³/mol. The van der Waals surface area contributed by atoms with Gasteiger partial charge < -0.3 is 98.3 Å². The first-order valence-electron chi connectivity index (χ1n) is 31.7. The molecule has 556 valence electrons. The Labute approximate surface area is 598 Å². The molecule has 2 aromatic carbocycles. The van der Waals surface area contributed by atoms with Gasteiger partial charge in [0.15, 0.2) is 17.1 Å². The van der Waals surface area contributed by atoms with Crippen molar-refractivity contribution in [2.45, 2.75) is 120 Å². The van der Waals surface area contributed by atoms with E-state index in [0.29, 0.717) is 28.3 Å². The van der Waals surface area contributed by atoms with Crippen LogP contribution in [0.1, 0.15) is 91.0 Å². The number of pyridine rings is 2. The van der Waals surface area contributed by atoms with Gasteiger partial charge in [-0.2, -0.15) is 4.98 Å². The highest BCUT2D eigenvalue weighted by atomic mass is 33.1. The first kappa shape index (κ1) is 78.2. The van der Waals surface area contributed by atoms with Gasteiger partial charge in [0.05, 0.1) is 66.7 Å². The number of ether oxygens (including phenoxy) is 3. The molecule has 0 radical (unpaired) electrons. The topological polar surface area (TPSA) is 629 Å². The molecule has 0 bridgehead atoms. The number of hydrogen-bond acceptors (Lipinski definition) is 27. The molecule has 2 aliphatic heterocycles. The third-order valence-corrected chi connectivity index (χ3v) is 18.4. The Morgan fingerprint density at radius 1 is 0.743 bits per heavy atom. The van der Waals surface area contributed by atoms with Gasteiger partial charge in [0.25, 0.3) is 17.0 Å². The fraction of sp³-hybridized carbons (Fsp3) is 0.365. The molecule has 0 spiro atoms. The monoisotopic (exact) mass is 1500 g/mol. The standard InChI is InChI=1S/C63H69N17O23S2/c1-2-63(34-19-42-47-30(18-29-6-3-4-7-35(29)72-47)25-80(42)56(94)33(34)26-102-59(63)99)103-62(100)101-16-17-104-105-27-41(58(97)98)77-54(92)40(22-46(86)87)76-53(91)39(21-45(84)85)75-51(89)36(8-5-15-67-60(64)65)73-52(90)38(20-44(82)83)71-43(81)14-13-37(57(95)96)74-50(88)28-9-11-31(12-10-28)68-23-32-24-69-49-48(70-32)55(93)79-61(66)78-49/h3-4,6-7,9-12,18-19,24,36-41,68H,2,5,8,13-17,20-23,25-27H2,1H3,(H,71,81)(H,73,90)(H,74,88)(H,75,89)(H,76,91)(H,77,92)(H,82,83)(H,84,85)(H,86,87)(H,95,96)(H,97,98)(H4,64,65,67)(H3,66,69,78,79,93)/t36-,37-,38-,39-,40-,41-,63-/m0/s1. The molecular weight excluding hydrogens is 1430 g/mol. The number of rotatable bonds is 37. The van der Waals surface area contributed by atoms with Crippen LogP contribution in [-0.4, -0.2) is 199 Å². The van der Waals surface area contributed by atoms with Crippen LogP contribution < -0.4 is 65.1 Å². The van der Waals surface area contributed by atoms with Crippen LogP contribution in [0.2, 0.25) is 0 Å². The van der Waals surface area contributed by atoms with Gasteiger partial charge in [-0.25, -0.2) is 34.1 Å². The van der Waals surface area contributed by atoms with Gasteiger partial charge in [0.1, 0.15) is 49.5 Å². The molecule has 8 rings (SSSR count). The van der Waals surface area contributed by atoms with Crippen molar-refractivity contribution in [3.8, 4) is 11.4 Å². The molecular formula is C63H69N17O23S2. The van der Waals surface area contributed by atoms with Crippen molar-refractivity contribution in [2.24, 2.45) is 5.73 Å². The molecule has 105 heavy (non-hydrogen) atoms. The number of hydrogen-bond donors (Lipinski definition) is 17. The second-order valence-corrected chi connectivity index (χ2v) is 26.0. The average Bonchev–Trinajstić information content (AvgIpc) is 1.70. The maximum atomic E-state index is 14.0. The van der Waals surface area contributed by atoms with Crippen LogP contribution in [0.15, 0.2) is 76.4 Å². The van der Waals surface area contributed by atoms with Gasteiger partial charge >= 0.3 is 42.0 Å².